The number of rotatable bonds is 6. The van der Waals surface area contributed by atoms with Crippen molar-refractivity contribution >= 4 is 17.3 Å². The second-order valence-electron chi connectivity index (χ2n) is 5.80. The zero-order valence-corrected chi connectivity index (χ0v) is 16.0. The van der Waals surface area contributed by atoms with Crippen LogP contribution in [0.4, 0.5) is 0 Å². The van der Waals surface area contributed by atoms with Crippen molar-refractivity contribution < 1.29 is 0 Å². The summed E-state index contributed by atoms with van der Waals surface area (Å²) in [6, 6.07) is 8.14. The van der Waals surface area contributed by atoms with Gasteiger partial charge in [0.15, 0.2) is 5.96 Å². The first-order chi connectivity index (χ1) is 12.7. The third-order valence-corrected chi connectivity index (χ3v) is 4.94. The summed E-state index contributed by atoms with van der Waals surface area (Å²) in [7, 11) is 0. The Bertz CT molecular complexity index is 831. The lowest BCUT2D eigenvalue weighted by atomic mass is 10.2. The number of hydrogen-bond donors (Lipinski definition) is 2. The lowest BCUT2D eigenvalue weighted by Gasteiger charge is -2.10. The van der Waals surface area contributed by atoms with E-state index in [-0.39, 0.29) is 0 Å². The summed E-state index contributed by atoms with van der Waals surface area (Å²) in [5.41, 5.74) is 3.21. The topological polar surface area (TPSA) is 80.0 Å². The average molecular weight is 369 g/mol. The molecule has 0 unspecified atom stereocenters. The Morgan fingerprint density at radius 2 is 2.00 bits per heavy atom. The molecule has 0 atom stereocenters. The normalized spacial score (nSPS) is 11.6. The standard InChI is InChI=1S/C18H23N7S/c1-4-20-18(22-10-17-24-13(2)14(3)26-17)21-9-15-5-7-16(8-6-15)25-12-19-11-23-25/h5-8,11-12H,4,9-10H2,1-3H3,(H2,20,21,22). The van der Waals surface area contributed by atoms with Crippen LogP contribution in [0.15, 0.2) is 41.9 Å². The molecule has 2 aromatic heterocycles. The van der Waals surface area contributed by atoms with Crippen molar-refractivity contribution in [1.29, 1.82) is 0 Å². The fraction of sp³-hybridized carbons (Fsp3) is 0.333. The Balaban J connectivity index is 1.61. The predicted molar refractivity (Wildman–Crippen MR) is 105 cm³/mol. The average Bonchev–Trinajstić information content (AvgIpc) is 3.28. The molecule has 0 spiro atoms. The molecule has 3 aromatic rings. The molecule has 0 saturated carbocycles. The maximum atomic E-state index is 4.66. The fourth-order valence-corrected chi connectivity index (χ4v) is 3.26. The van der Waals surface area contributed by atoms with Crippen molar-refractivity contribution in [2.75, 3.05) is 6.54 Å². The Kier molecular flexibility index (Phi) is 5.96. The molecule has 0 amide bonds. The molecule has 0 aliphatic rings. The largest absolute Gasteiger partial charge is 0.357 e. The second-order valence-corrected chi connectivity index (χ2v) is 7.09. The molecule has 3 rings (SSSR count). The van der Waals surface area contributed by atoms with Crippen LogP contribution < -0.4 is 10.6 Å². The van der Waals surface area contributed by atoms with Crippen LogP contribution in [0, 0.1) is 13.8 Å². The summed E-state index contributed by atoms with van der Waals surface area (Å²) in [6.07, 6.45) is 3.21. The van der Waals surface area contributed by atoms with Gasteiger partial charge in [-0.05, 0) is 38.5 Å². The minimum absolute atomic E-state index is 0.600. The molecule has 1 aromatic carbocycles. The van der Waals surface area contributed by atoms with E-state index in [1.54, 1.807) is 22.3 Å². The summed E-state index contributed by atoms with van der Waals surface area (Å²) < 4.78 is 1.73. The molecule has 0 fully saturated rings. The molecule has 26 heavy (non-hydrogen) atoms. The van der Waals surface area contributed by atoms with E-state index in [1.807, 2.05) is 19.1 Å². The smallest absolute Gasteiger partial charge is 0.191 e. The van der Waals surface area contributed by atoms with Crippen LogP contribution in [0.5, 0.6) is 0 Å². The molecule has 7 nitrogen and oxygen atoms in total. The Morgan fingerprint density at radius 3 is 2.62 bits per heavy atom. The van der Waals surface area contributed by atoms with E-state index in [9.17, 15) is 0 Å². The first kappa shape index (κ1) is 18.1. The maximum absolute atomic E-state index is 4.66. The van der Waals surface area contributed by atoms with E-state index in [0.717, 1.165) is 34.5 Å². The monoisotopic (exact) mass is 369 g/mol. The number of benzene rings is 1. The molecule has 2 N–H and O–H groups in total. The van der Waals surface area contributed by atoms with E-state index in [0.29, 0.717) is 13.1 Å². The van der Waals surface area contributed by atoms with E-state index >= 15 is 0 Å². The van der Waals surface area contributed by atoms with Gasteiger partial charge in [0.05, 0.1) is 24.5 Å². The number of aromatic nitrogens is 4. The van der Waals surface area contributed by atoms with E-state index in [4.69, 9.17) is 0 Å². The maximum Gasteiger partial charge on any atom is 0.191 e. The van der Waals surface area contributed by atoms with Crippen LogP contribution in [0.1, 0.15) is 28.1 Å². The third-order valence-electron chi connectivity index (χ3n) is 3.86. The summed E-state index contributed by atoms with van der Waals surface area (Å²) in [5, 5.41) is 11.8. The van der Waals surface area contributed by atoms with Crippen molar-refractivity contribution in [3.05, 3.63) is 58.1 Å². The van der Waals surface area contributed by atoms with Gasteiger partial charge in [0.2, 0.25) is 0 Å². The number of guanidine groups is 1. The molecule has 2 heterocycles. The van der Waals surface area contributed by atoms with Crippen molar-refractivity contribution in [2.24, 2.45) is 4.99 Å². The van der Waals surface area contributed by atoms with Gasteiger partial charge in [-0.25, -0.2) is 19.6 Å². The molecule has 0 radical (unpaired) electrons. The molecule has 0 aliphatic carbocycles. The molecular formula is C18H23N7S. The van der Waals surface area contributed by atoms with Crippen LogP contribution in [0.3, 0.4) is 0 Å². The second kappa shape index (κ2) is 8.57. The SMILES string of the molecule is CCNC(=NCc1ccc(-n2cncn2)cc1)NCc1nc(C)c(C)s1. The summed E-state index contributed by atoms with van der Waals surface area (Å²) in [5.74, 6) is 0.790. The van der Waals surface area contributed by atoms with Crippen molar-refractivity contribution in [3.63, 3.8) is 0 Å². The van der Waals surface area contributed by atoms with Crippen molar-refractivity contribution in [1.82, 2.24) is 30.4 Å². The zero-order chi connectivity index (χ0) is 18.4. The highest BCUT2D eigenvalue weighted by atomic mass is 32.1. The summed E-state index contributed by atoms with van der Waals surface area (Å²) in [4.78, 5) is 14.4. The van der Waals surface area contributed by atoms with Crippen LogP contribution in [-0.4, -0.2) is 32.3 Å². The lowest BCUT2D eigenvalue weighted by molar-refractivity contribution is 0.809. The quantitative estimate of drug-likeness (QED) is 0.516. The van der Waals surface area contributed by atoms with Crippen LogP contribution in [0.25, 0.3) is 5.69 Å². The highest BCUT2D eigenvalue weighted by Crippen LogP contribution is 2.16. The Labute approximate surface area is 157 Å². The van der Waals surface area contributed by atoms with Crippen LogP contribution >= 0.6 is 11.3 Å². The summed E-state index contributed by atoms with van der Waals surface area (Å²) in [6.45, 7) is 8.28. The van der Waals surface area contributed by atoms with Gasteiger partial charge in [-0.2, -0.15) is 5.10 Å². The molecule has 0 aliphatic heterocycles. The first-order valence-corrected chi connectivity index (χ1v) is 9.36. The van der Waals surface area contributed by atoms with Gasteiger partial charge in [-0.1, -0.05) is 12.1 Å². The van der Waals surface area contributed by atoms with E-state index in [1.165, 1.54) is 11.2 Å². The van der Waals surface area contributed by atoms with Crippen LogP contribution in [0.2, 0.25) is 0 Å². The van der Waals surface area contributed by atoms with Gasteiger partial charge in [0.25, 0.3) is 0 Å². The molecule has 0 saturated heterocycles. The fourth-order valence-electron chi connectivity index (χ4n) is 2.38. The number of hydrogen-bond acceptors (Lipinski definition) is 5. The Hall–Kier alpha value is -2.74. The van der Waals surface area contributed by atoms with Crippen molar-refractivity contribution in [3.8, 4) is 5.69 Å². The third kappa shape index (κ3) is 4.66. The van der Waals surface area contributed by atoms with Gasteiger partial charge in [0, 0.05) is 11.4 Å². The van der Waals surface area contributed by atoms with Gasteiger partial charge in [-0.15, -0.1) is 11.3 Å². The van der Waals surface area contributed by atoms with Gasteiger partial charge >= 0.3 is 0 Å². The number of nitrogens with one attached hydrogen (secondary N) is 2. The minimum atomic E-state index is 0.600. The number of aryl methyl sites for hydroxylation is 2. The molecular weight excluding hydrogens is 346 g/mol. The van der Waals surface area contributed by atoms with E-state index in [2.05, 4.69) is 56.7 Å². The zero-order valence-electron chi connectivity index (χ0n) is 15.2. The predicted octanol–water partition coefficient (Wildman–Crippen LogP) is 2.60. The molecule has 8 heteroatoms. The Morgan fingerprint density at radius 1 is 1.19 bits per heavy atom. The number of nitrogens with zero attached hydrogens (tertiary/aromatic N) is 5. The summed E-state index contributed by atoms with van der Waals surface area (Å²) >= 11 is 1.72. The highest BCUT2D eigenvalue weighted by molar-refractivity contribution is 7.11. The molecule has 0 bridgehead atoms. The van der Waals surface area contributed by atoms with Gasteiger partial charge < -0.3 is 10.6 Å². The minimum Gasteiger partial charge on any atom is -0.357 e. The van der Waals surface area contributed by atoms with E-state index < -0.39 is 0 Å². The lowest BCUT2D eigenvalue weighted by Crippen LogP contribution is -2.36. The first-order valence-electron chi connectivity index (χ1n) is 8.54. The van der Waals surface area contributed by atoms with Gasteiger partial charge in [-0.3, -0.25) is 0 Å². The molecule has 136 valence electrons. The van der Waals surface area contributed by atoms with Crippen LogP contribution in [-0.2, 0) is 13.1 Å². The van der Waals surface area contributed by atoms with Crippen molar-refractivity contribution in [2.45, 2.75) is 33.9 Å². The highest BCUT2D eigenvalue weighted by Gasteiger charge is 2.05. The van der Waals surface area contributed by atoms with Gasteiger partial charge in [0.1, 0.15) is 17.7 Å². The number of thiazole rings is 1. The number of aliphatic imine (C=N–C) groups is 1.